The molecule has 1 heterocycles. The molecular weight excluding hydrogens is 481 g/mol. The van der Waals surface area contributed by atoms with Gasteiger partial charge in [0.05, 0.1) is 30.9 Å². The van der Waals surface area contributed by atoms with E-state index < -0.39 is 0 Å². The van der Waals surface area contributed by atoms with E-state index in [0.717, 1.165) is 74.7 Å². The minimum absolute atomic E-state index is 0. The summed E-state index contributed by atoms with van der Waals surface area (Å²) < 4.78 is 11.0. The lowest BCUT2D eigenvalue weighted by Crippen LogP contribution is -2.39. The van der Waals surface area contributed by atoms with E-state index in [1.54, 1.807) is 0 Å². The molecule has 0 aliphatic rings. The lowest BCUT2D eigenvalue weighted by molar-refractivity contribution is 0.0487. The second-order valence-electron chi connectivity index (χ2n) is 6.57. The highest BCUT2D eigenvalue weighted by atomic mass is 127. The Morgan fingerprint density at radius 2 is 1.83 bits per heavy atom. The number of ether oxygens (including phenoxy) is 2. The summed E-state index contributed by atoms with van der Waals surface area (Å²) >= 11 is 0. The molecule has 164 valence electrons. The van der Waals surface area contributed by atoms with Gasteiger partial charge in [0.15, 0.2) is 5.96 Å². The second kappa shape index (κ2) is 16.4. The van der Waals surface area contributed by atoms with E-state index in [-0.39, 0.29) is 24.0 Å². The third-order valence-corrected chi connectivity index (χ3v) is 4.18. The SMILES string of the molecule is CCCCOCCOCCNC(=NCCCc1nc2ccccc2[nH]1)NCC.I. The van der Waals surface area contributed by atoms with Crippen LogP contribution in [0.25, 0.3) is 11.0 Å². The molecule has 0 saturated carbocycles. The van der Waals surface area contributed by atoms with Crippen molar-refractivity contribution >= 4 is 41.0 Å². The van der Waals surface area contributed by atoms with Crippen molar-refractivity contribution in [3.8, 4) is 0 Å². The average Bonchev–Trinajstić information content (AvgIpc) is 3.12. The predicted octanol–water partition coefficient (Wildman–Crippen LogP) is 3.50. The first-order valence-corrected chi connectivity index (χ1v) is 10.4. The summed E-state index contributed by atoms with van der Waals surface area (Å²) in [6.45, 7) is 9.30. The van der Waals surface area contributed by atoms with Gasteiger partial charge in [-0.05, 0) is 31.9 Å². The normalized spacial score (nSPS) is 11.4. The van der Waals surface area contributed by atoms with Gasteiger partial charge in [-0.15, -0.1) is 24.0 Å². The maximum atomic E-state index is 5.57. The van der Waals surface area contributed by atoms with Crippen molar-refractivity contribution in [2.75, 3.05) is 46.1 Å². The van der Waals surface area contributed by atoms with Crippen LogP contribution in [0.2, 0.25) is 0 Å². The molecule has 0 spiro atoms. The van der Waals surface area contributed by atoms with Crippen LogP contribution < -0.4 is 10.6 Å². The van der Waals surface area contributed by atoms with Crippen molar-refractivity contribution in [2.45, 2.75) is 39.5 Å². The number of hydrogen-bond acceptors (Lipinski definition) is 4. The number of H-pyrrole nitrogens is 1. The highest BCUT2D eigenvalue weighted by Crippen LogP contribution is 2.11. The van der Waals surface area contributed by atoms with Gasteiger partial charge >= 0.3 is 0 Å². The van der Waals surface area contributed by atoms with Gasteiger partial charge in [0.1, 0.15) is 5.82 Å². The highest BCUT2D eigenvalue weighted by Gasteiger charge is 2.02. The monoisotopic (exact) mass is 517 g/mol. The summed E-state index contributed by atoms with van der Waals surface area (Å²) in [4.78, 5) is 12.6. The number of nitrogens with zero attached hydrogens (tertiary/aromatic N) is 2. The fourth-order valence-electron chi connectivity index (χ4n) is 2.71. The number of aromatic amines is 1. The largest absolute Gasteiger partial charge is 0.379 e. The Morgan fingerprint density at radius 1 is 1.03 bits per heavy atom. The van der Waals surface area contributed by atoms with Gasteiger partial charge in [-0.25, -0.2) is 4.98 Å². The quantitative estimate of drug-likeness (QED) is 0.155. The molecule has 2 aromatic rings. The molecule has 0 bridgehead atoms. The zero-order valence-corrected chi connectivity index (χ0v) is 20.0. The molecule has 8 heteroatoms. The number of aromatic nitrogens is 2. The van der Waals surface area contributed by atoms with Gasteiger partial charge in [-0.3, -0.25) is 4.99 Å². The molecule has 0 aliphatic carbocycles. The standard InChI is InChI=1S/C21H35N5O2.HI/c1-3-5-14-27-16-17-28-15-13-24-21(22-4-2)23-12-8-11-20-25-18-9-6-7-10-19(18)26-20;/h6-7,9-10H,3-5,8,11-17H2,1-2H3,(H,25,26)(H2,22,23,24);1H. The number of unbranched alkanes of at least 4 members (excludes halogenated alkanes) is 1. The van der Waals surface area contributed by atoms with Crippen LogP contribution in [0.15, 0.2) is 29.3 Å². The highest BCUT2D eigenvalue weighted by molar-refractivity contribution is 14.0. The number of aryl methyl sites for hydroxylation is 1. The van der Waals surface area contributed by atoms with E-state index in [9.17, 15) is 0 Å². The first kappa shape index (κ1) is 25.6. The number of fused-ring (bicyclic) bond motifs is 1. The number of imidazole rings is 1. The summed E-state index contributed by atoms with van der Waals surface area (Å²) in [6.07, 6.45) is 4.11. The van der Waals surface area contributed by atoms with E-state index in [0.29, 0.717) is 19.8 Å². The van der Waals surface area contributed by atoms with Gasteiger partial charge in [0, 0.05) is 32.7 Å². The Balaban J connectivity index is 0.00000420. The van der Waals surface area contributed by atoms with Crippen molar-refractivity contribution in [1.82, 2.24) is 20.6 Å². The summed E-state index contributed by atoms with van der Waals surface area (Å²) in [6, 6.07) is 8.11. The van der Waals surface area contributed by atoms with Crippen LogP contribution in [0.5, 0.6) is 0 Å². The summed E-state index contributed by atoms with van der Waals surface area (Å²) in [5.41, 5.74) is 2.11. The molecule has 1 aromatic carbocycles. The minimum atomic E-state index is 0. The lowest BCUT2D eigenvalue weighted by Gasteiger charge is -2.11. The molecule has 0 saturated heterocycles. The predicted molar refractivity (Wildman–Crippen MR) is 130 cm³/mol. The van der Waals surface area contributed by atoms with E-state index in [2.05, 4.69) is 45.5 Å². The molecule has 1 aromatic heterocycles. The van der Waals surface area contributed by atoms with E-state index in [4.69, 9.17) is 9.47 Å². The Hall–Kier alpha value is -1.39. The second-order valence-corrected chi connectivity index (χ2v) is 6.57. The summed E-state index contributed by atoms with van der Waals surface area (Å²) in [5, 5.41) is 6.56. The van der Waals surface area contributed by atoms with Crippen molar-refractivity contribution in [2.24, 2.45) is 4.99 Å². The van der Waals surface area contributed by atoms with Crippen LogP contribution in [-0.4, -0.2) is 62.0 Å². The molecule has 0 radical (unpaired) electrons. The van der Waals surface area contributed by atoms with Gasteiger partial charge in [0.2, 0.25) is 0 Å². The maximum absolute atomic E-state index is 5.57. The summed E-state index contributed by atoms with van der Waals surface area (Å²) in [7, 11) is 0. The average molecular weight is 517 g/mol. The molecule has 29 heavy (non-hydrogen) atoms. The van der Waals surface area contributed by atoms with Crippen LogP contribution >= 0.6 is 24.0 Å². The smallest absolute Gasteiger partial charge is 0.191 e. The Kier molecular flexibility index (Phi) is 14.5. The van der Waals surface area contributed by atoms with Crippen LogP contribution in [-0.2, 0) is 15.9 Å². The van der Waals surface area contributed by atoms with Crippen molar-refractivity contribution in [3.05, 3.63) is 30.1 Å². The number of benzene rings is 1. The minimum Gasteiger partial charge on any atom is -0.379 e. The third-order valence-electron chi connectivity index (χ3n) is 4.18. The number of aliphatic imine (C=N–C) groups is 1. The van der Waals surface area contributed by atoms with Crippen molar-refractivity contribution < 1.29 is 9.47 Å². The molecule has 0 aliphatic heterocycles. The van der Waals surface area contributed by atoms with Crippen LogP contribution in [0.1, 0.15) is 38.9 Å². The maximum Gasteiger partial charge on any atom is 0.191 e. The van der Waals surface area contributed by atoms with Crippen molar-refractivity contribution in [1.29, 1.82) is 0 Å². The first-order chi connectivity index (χ1) is 13.8. The number of nitrogens with one attached hydrogen (secondary N) is 3. The Bertz CT molecular complexity index is 660. The van der Waals surface area contributed by atoms with Crippen LogP contribution in [0.4, 0.5) is 0 Å². The van der Waals surface area contributed by atoms with Gasteiger partial charge in [-0.1, -0.05) is 25.5 Å². The summed E-state index contributed by atoms with van der Waals surface area (Å²) in [5.74, 6) is 1.85. The zero-order chi connectivity index (χ0) is 19.9. The number of hydrogen-bond donors (Lipinski definition) is 3. The van der Waals surface area contributed by atoms with Gasteiger partial charge in [-0.2, -0.15) is 0 Å². The fraction of sp³-hybridized carbons (Fsp3) is 0.619. The van der Waals surface area contributed by atoms with Gasteiger partial charge in [0.25, 0.3) is 0 Å². The van der Waals surface area contributed by atoms with E-state index in [1.165, 1.54) is 0 Å². The molecule has 0 amide bonds. The number of para-hydroxylation sites is 2. The van der Waals surface area contributed by atoms with E-state index in [1.807, 2.05) is 18.2 Å². The van der Waals surface area contributed by atoms with Crippen LogP contribution in [0, 0.1) is 0 Å². The third kappa shape index (κ3) is 10.8. The first-order valence-electron chi connectivity index (χ1n) is 10.4. The molecular formula is C21H36IN5O2. The molecule has 0 fully saturated rings. The lowest BCUT2D eigenvalue weighted by atomic mass is 10.3. The molecule has 0 atom stereocenters. The number of guanidine groups is 1. The molecule has 7 nitrogen and oxygen atoms in total. The fourth-order valence-corrected chi connectivity index (χ4v) is 2.71. The molecule has 2 rings (SSSR count). The topological polar surface area (TPSA) is 83.6 Å². The molecule has 0 unspecified atom stereocenters. The number of halogens is 1. The molecule has 3 N–H and O–H groups in total. The van der Waals surface area contributed by atoms with Crippen LogP contribution in [0.3, 0.4) is 0 Å². The Morgan fingerprint density at radius 3 is 2.59 bits per heavy atom. The van der Waals surface area contributed by atoms with Gasteiger partial charge < -0.3 is 25.1 Å². The van der Waals surface area contributed by atoms with Crippen molar-refractivity contribution in [3.63, 3.8) is 0 Å². The zero-order valence-electron chi connectivity index (χ0n) is 17.7. The Labute approximate surface area is 191 Å². The number of rotatable bonds is 14. The van der Waals surface area contributed by atoms with E-state index >= 15 is 0 Å².